The van der Waals surface area contributed by atoms with Crippen molar-refractivity contribution in [2.45, 2.75) is 39.9 Å². The number of hydrogen-bond acceptors (Lipinski definition) is 4. The van der Waals surface area contributed by atoms with Crippen molar-refractivity contribution in [3.63, 3.8) is 0 Å². The third kappa shape index (κ3) is 4.31. The Morgan fingerprint density at radius 3 is 1.80 bits per heavy atom. The van der Waals surface area contributed by atoms with Gasteiger partial charge >= 0.3 is 7.60 Å². The molecule has 0 saturated heterocycles. The van der Waals surface area contributed by atoms with E-state index in [1.54, 1.807) is 33.8 Å². The van der Waals surface area contributed by atoms with Gasteiger partial charge < -0.3 is 9.05 Å². The molecule has 0 aliphatic carbocycles. The van der Waals surface area contributed by atoms with Crippen molar-refractivity contribution in [3.05, 3.63) is 33.8 Å². The van der Waals surface area contributed by atoms with Crippen LogP contribution in [0.3, 0.4) is 0 Å². The first-order valence-electron chi connectivity index (χ1n) is 6.13. The summed E-state index contributed by atoms with van der Waals surface area (Å²) in [6.07, 6.45) is -0.880. The minimum Gasteiger partial charge on any atom is -0.300 e. The number of carbonyl (C=O) groups excluding carboxylic acids is 1. The van der Waals surface area contributed by atoms with Crippen LogP contribution in [-0.4, -0.2) is 17.7 Å². The summed E-state index contributed by atoms with van der Waals surface area (Å²) in [6, 6.07) is 4.59. The fraction of sp³-hybridized carbons (Fsp3) is 0.462. The number of benzene rings is 1. The van der Waals surface area contributed by atoms with Crippen LogP contribution in [0.1, 0.15) is 38.1 Å². The number of rotatable bonds is 6. The van der Waals surface area contributed by atoms with E-state index >= 15 is 0 Å². The number of hydrogen-bond donors (Lipinski definition) is 0. The molecule has 0 aromatic heterocycles. The minimum atomic E-state index is -4.01. The second kappa shape index (κ2) is 7.06. The third-order valence-corrected chi connectivity index (χ3v) is 4.87. The Kier molecular flexibility index (Phi) is 6.24. The lowest BCUT2D eigenvalue weighted by Gasteiger charge is -2.22. The largest absolute Gasteiger partial charge is 0.402 e. The highest BCUT2D eigenvalue weighted by atomic mass is 35.5. The Bertz CT molecular complexity index is 509. The van der Waals surface area contributed by atoms with E-state index in [0.717, 1.165) is 0 Å². The first-order chi connectivity index (χ1) is 9.17. The minimum absolute atomic E-state index is 0.0412. The van der Waals surface area contributed by atoms with Crippen LogP contribution in [0.15, 0.2) is 18.2 Å². The van der Waals surface area contributed by atoms with Crippen LogP contribution in [0, 0.1) is 0 Å². The third-order valence-electron chi connectivity index (χ3n) is 2.12. The van der Waals surface area contributed by atoms with E-state index in [1.807, 2.05) is 0 Å². The average molecular weight is 339 g/mol. The average Bonchev–Trinajstić information content (AvgIpc) is 2.25. The molecule has 0 saturated carbocycles. The van der Waals surface area contributed by atoms with Gasteiger partial charge in [-0.1, -0.05) is 29.3 Å². The molecule has 0 N–H and O–H groups in total. The Morgan fingerprint density at radius 1 is 1.05 bits per heavy atom. The van der Waals surface area contributed by atoms with Crippen LogP contribution in [0.5, 0.6) is 0 Å². The predicted molar refractivity (Wildman–Crippen MR) is 80.8 cm³/mol. The molecular weight excluding hydrogens is 322 g/mol. The number of halogens is 2. The molecule has 1 aromatic rings. The zero-order chi connectivity index (χ0) is 15.5. The first-order valence-corrected chi connectivity index (χ1v) is 8.43. The monoisotopic (exact) mass is 338 g/mol. The van der Waals surface area contributed by atoms with Gasteiger partial charge in [0.25, 0.3) is 5.52 Å². The maximum Gasteiger partial charge on any atom is 0.402 e. The van der Waals surface area contributed by atoms with Crippen molar-refractivity contribution in [1.82, 2.24) is 0 Å². The van der Waals surface area contributed by atoms with Crippen LogP contribution < -0.4 is 0 Å². The van der Waals surface area contributed by atoms with Gasteiger partial charge in [0.1, 0.15) is 0 Å². The van der Waals surface area contributed by atoms with E-state index in [1.165, 1.54) is 12.1 Å². The summed E-state index contributed by atoms with van der Waals surface area (Å²) in [5, 5.41) is 0.227. The standard InChI is InChI=1S/C13H17Cl2O4P/c1-8(2)18-20(17,19-9(3)4)13(16)12-10(14)6-5-7-11(12)15/h5-9H,1-4H3. The summed E-state index contributed by atoms with van der Waals surface area (Å²) in [5.74, 6) is 0. The second-order valence-electron chi connectivity index (χ2n) is 4.71. The molecule has 0 amide bonds. The summed E-state index contributed by atoms with van der Waals surface area (Å²) in [6.45, 7) is 6.66. The fourth-order valence-electron chi connectivity index (χ4n) is 1.51. The molecule has 7 heteroatoms. The first kappa shape index (κ1) is 17.7. The molecule has 0 spiro atoms. The molecular formula is C13H17Cl2O4P. The van der Waals surface area contributed by atoms with Crippen molar-refractivity contribution >= 4 is 36.3 Å². The molecule has 0 radical (unpaired) electrons. The van der Waals surface area contributed by atoms with E-state index in [2.05, 4.69) is 0 Å². The van der Waals surface area contributed by atoms with Crippen molar-refractivity contribution in [1.29, 1.82) is 0 Å². The predicted octanol–water partition coefficient (Wildman–Crippen LogP) is 5.18. The fourth-order valence-corrected chi connectivity index (χ4v) is 4.08. The summed E-state index contributed by atoms with van der Waals surface area (Å²) in [7, 11) is -4.01. The summed E-state index contributed by atoms with van der Waals surface area (Å²) < 4.78 is 23.2. The van der Waals surface area contributed by atoms with E-state index in [4.69, 9.17) is 32.2 Å². The lowest BCUT2D eigenvalue weighted by atomic mass is 10.2. The topological polar surface area (TPSA) is 52.6 Å². The van der Waals surface area contributed by atoms with Gasteiger partial charge in [-0.05, 0) is 39.8 Å². The highest BCUT2D eigenvalue weighted by molar-refractivity contribution is 7.72. The quantitative estimate of drug-likeness (QED) is 0.671. The normalized spacial score (nSPS) is 12.2. The van der Waals surface area contributed by atoms with Crippen molar-refractivity contribution in [3.8, 4) is 0 Å². The maximum atomic E-state index is 12.7. The van der Waals surface area contributed by atoms with E-state index < -0.39 is 25.3 Å². The van der Waals surface area contributed by atoms with Crippen LogP contribution in [-0.2, 0) is 13.6 Å². The summed E-state index contributed by atoms with van der Waals surface area (Å²) in [4.78, 5) is 12.5. The second-order valence-corrected chi connectivity index (χ2v) is 7.34. The van der Waals surface area contributed by atoms with Gasteiger partial charge in [-0.25, -0.2) is 0 Å². The van der Waals surface area contributed by atoms with Crippen LogP contribution in [0.4, 0.5) is 0 Å². The molecule has 0 atom stereocenters. The molecule has 4 nitrogen and oxygen atoms in total. The highest BCUT2D eigenvalue weighted by Crippen LogP contribution is 2.54. The van der Waals surface area contributed by atoms with Crippen LogP contribution >= 0.6 is 30.8 Å². The Hall–Kier alpha value is -0.380. The molecule has 0 fully saturated rings. The van der Waals surface area contributed by atoms with Gasteiger partial charge in [-0.2, -0.15) is 0 Å². The smallest absolute Gasteiger partial charge is 0.300 e. The van der Waals surface area contributed by atoms with E-state index in [0.29, 0.717) is 0 Å². The summed E-state index contributed by atoms with van der Waals surface area (Å²) >= 11 is 11.9. The molecule has 1 rings (SSSR count). The Labute approximate surface area is 128 Å². The molecule has 1 aromatic carbocycles. The van der Waals surface area contributed by atoms with Crippen LogP contribution in [0.25, 0.3) is 0 Å². The highest BCUT2D eigenvalue weighted by Gasteiger charge is 2.40. The Morgan fingerprint density at radius 2 is 1.45 bits per heavy atom. The van der Waals surface area contributed by atoms with Gasteiger partial charge in [0.05, 0.1) is 27.8 Å². The van der Waals surface area contributed by atoms with E-state index in [9.17, 15) is 9.36 Å². The molecule has 0 heterocycles. The van der Waals surface area contributed by atoms with Crippen LogP contribution in [0.2, 0.25) is 10.0 Å². The van der Waals surface area contributed by atoms with Gasteiger partial charge in [0.15, 0.2) is 0 Å². The number of carbonyl (C=O) groups is 1. The van der Waals surface area contributed by atoms with Gasteiger partial charge in [0.2, 0.25) is 0 Å². The molecule has 112 valence electrons. The van der Waals surface area contributed by atoms with Gasteiger partial charge in [-0.3, -0.25) is 9.36 Å². The SMILES string of the molecule is CC(C)OP(=O)(OC(C)C)C(=O)c1c(Cl)cccc1Cl. The Balaban J connectivity index is 3.27. The van der Waals surface area contributed by atoms with Crippen molar-refractivity contribution < 1.29 is 18.4 Å². The lowest BCUT2D eigenvalue weighted by molar-refractivity contribution is 0.0924. The molecule has 0 aliphatic rings. The van der Waals surface area contributed by atoms with Crippen molar-refractivity contribution in [2.24, 2.45) is 0 Å². The summed E-state index contributed by atoms with van der Waals surface area (Å²) in [5.41, 5.74) is -0.865. The molecule has 0 aliphatic heterocycles. The molecule has 0 unspecified atom stereocenters. The zero-order valence-corrected chi connectivity index (χ0v) is 14.1. The molecule has 0 bridgehead atoms. The zero-order valence-electron chi connectivity index (χ0n) is 11.7. The maximum absolute atomic E-state index is 12.7. The van der Waals surface area contributed by atoms with Crippen molar-refractivity contribution in [2.75, 3.05) is 0 Å². The van der Waals surface area contributed by atoms with Gasteiger partial charge in [0, 0.05) is 0 Å². The van der Waals surface area contributed by atoms with Gasteiger partial charge in [-0.15, -0.1) is 0 Å². The van der Waals surface area contributed by atoms with E-state index in [-0.39, 0.29) is 15.6 Å². The lowest BCUT2D eigenvalue weighted by Crippen LogP contribution is -2.15. The molecule has 20 heavy (non-hydrogen) atoms.